The minimum atomic E-state index is -0.539. The highest BCUT2D eigenvalue weighted by Crippen LogP contribution is 2.32. The van der Waals surface area contributed by atoms with Gasteiger partial charge >= 0.3 is 5.97 Å². The smallest absolute Gasteiger partial charge is 0.340 e. The molecule has 0 unspecified atom stereocenters. The molecule has 1 aliphatic heterocycles. The lowest BCUT2D eigenvalue weighted by Crippen LogP contribution is -2.35. The van der Waals surface area contributed by atoms with Gasteiger partial charge in [0.15, 0.2) is 0 Å². The quantitative estimate of drug-likeness (QED) is 0.592. The fraction of sp³-hybridized carbons (Fsp3) is 0.261. The van der Waals surface area contributed by atoms with Crippen molar-refractivity contribution in [1.82, 2.24) is 9.78 Å². The van der Waals surface area contributed by atoms with Crippen molar-refractivity contribution < 1.29 is 9.53 Å². The zero-order chi connectivity index (χ0) is 21.1. The van der Waals surface area contributed by atoms with Crippen LogP contribution in [0.2, 0.25) is 5.02 Å². The molecule has 6 nitrogen and oxygen atoms in total. The molecule has 154 valence electrons. The Kier molecular flexibility index (Phi) is 5.86. The molecule has 0 N–H and O–H groups in total. The van der Waals surface area contributed by atoms with Crippen LogP contribution in [0.25, 0.3) is 5.69 Å². The second kappa shape index (κ2) is 8.71. The molecule has 0 bridgehead atoms. The number of benzene rings is 2. The molecule has 1 aromatic heterocycles. The topological polar surface area (TPSA) is 64.4 Å². The number of hydrogen-bond donors (Lipinski definition) is 0. The minimum absolute atomic E-state index is 0.0998. The van der Waals surface area contributed by atoms with Crippen LogP contribution in [0.3, 0.4) is 0 Å². The van der Waals surface area contributed by atoms with Crippen LogP contribution < -0.4 is 10.5 Å². The maximum atomic E-state index is 13.0. The van der Waals surface area contributed by atoms with Crippen LogP contribution in [0.15, 0.2) is 65.6 Å². The van der Waals surface area contributed by atoms with E-state index in [1.807, 2.05) is 6.07 Å². The lowest BCUT2D eigenvalue weighted by Gasteiger charge is -2.34. The zero-order valence-corrected chi connectivity index (χ0v) is 17.4. The van der Waals surface area contributed by atoms with Crippen LogP contribution in [-0.2, 0) is 4.74 Å². The number of ether oxygens (including phenoxy) is 1. The second-order valence-electron chi connectivity index (χ2n) is 7.24. The monoisotopic (exact) mass is 423 g/mol. The Bertz CT molecular complexity index is 1110. The Morgan fingerprint density at radius 3 is 2.40 bits per heavy atom. The number of anilines is 1. The third-order valence-electron chi connectivity index (χ3n) is 5.54. The lowest BCUT2D eigenvalue weighted by molar-refractivity contribution is 0.0600. The number of piperidine rings is 1. The average molecular weight is 424 g/mol. The van der Waals surface area contributed by atoms with Gasteiger partial charge < -0.3 is 9.64 Å². The van der Waals surface area contributed by atoms with Crippen molar-refractivity contribution in [3.63, 3.8) is 0 Å². The first kappa shape index (κ1) is 20.2. The number of hydrogen-bond acceptors (Lipinski definition) is 5. The van der Waals surface area contributed by atoms with Gasteiger partial charge in [0.05, 0.1) is 30.2 Å². The van der Waals surface area contributed by atoms with Gasteiger partial charge in [-0.05, 0) is 36.5 Å². The number of rotatable bonds is 4. The summed E-state index contributed by atoms with van der Waals surface area (Å²) in [6.45, 7) is 1.59. The number of para-hydroxylation sites is 1. The first-order valence-corrected chi connectivity index (χ1v) is 10.2. The standard InChI is InChI=1S/C23H22ClN3O3/c1-30-23(29)18-9-5-6-10-19(18)27-22(28)21(24)20(15-25-27)26-13-11-17(12-14-26)16-7-3-2-4-8-16/h2-10,15,17H,11-14H2,1H3. The molecule has 0 spiro atoms. The first-order valence-electron chi connectivity index (χ1n) is 9.85. The minimum Gasteiger partial charge on any atom is -0.465 e. The van der Waals surface area contributed by atoms with Gasteiger partial charge in [0.1, 0.15) is 5.02 Å². The molecule has 0 radical (unpaired) electrons. The number of halogens is 1. The SMILES string of the molecule is COC(=O)c1ccccc1-n1ncc(N2CCC(c3ccccc3)CC2)c(Cl)c1=O. The molecule has 2 aromatic carbocycles. The molecule has 1 saturated heterocycles. The highest BCUT2D eigenvalue weighted by atomic mass is 35.5. The molecule has 1 aliphatic rings. The molecule has 0 aliphatic carbocycles. The van der Waals surface area contributed by atoms with Gasteiger partial charge in [0.2, 0.25) is 0 Å². The molecule has 1 fully saturated rings. The summed E-state index contributed by atoms with van der Waals surface area (Å²) in [6, 6.07) is 17.1. The molecule has 7 heteroatoms. The van der Waals surface area contributed by atoms with Crippen LogP contribution in [0.5, 0.6) is 0 Å². The molecular weight excluding hydrogens is 402 g/mol. The van der Waals surface area contributed by atoms with E-state index >= 15 is 0 Å². The Labute approximate surface area is 179 Å². The Balaban J connectivity index is 1.59. The van der Waals surface area contributed by atoms with Crippen molar-refractivity contribution in [2.75, 3.05) is 25.1 Å². The van der Waals surface area contributed by atoms with Gasteiger partial charge in [-0.1, -0.05) is 54.1 Å². The average Bonchev–Trinajstić information content (AvgIpc) is 2.81. The van der Waals surface area contributed by atoms with Crippen LogP contribution in [-0.4, -0.2) is 35.9 Å². The molecule has 30 heavy (non-hydrogen) atoms. The summed E-state index contributed by atoms with van der Waals surface area (Å²) < 4.78 is 5.96. The van der Waals surface area contributed by atoms with E-state index in [0.29, 0.717) is 17.3 Å². The summed E-state index contributed by atoms with van der Waals surface area (Å²) in [6.07, 6.45) is 3.56. The summed E-state index contributed by atoms with van der Waals surface area (Å²) in [5.41, 5.74) is 2.10. The van der Waals surface area contributed by atoms with E-state index in [9.17, 15) is 9.59 Å². The zero-order valence-electron chi connectivity index (χ0n) is 16.6. The van der Waals surface area contributed by atoms with Gasteiger partial charge in [0.25, 0.3) is 5.56 Å². The summed E-state index contributed by atoms with van der Waals surface area (Å²) in [5.74, 6) is -0.0380. The fourth-order valence-electron chi connectivity index (χ4n) is 3.94. The van der Waals surface area contributed by atoms with Crippen LogP contribution in [0.4, 0.5) is 5.69 Å². The predicted octanol–water partition coefficient (Wildman–Crippen LogP) is 4.06. The Hall–Kier alpha value is -3.12. The number of carbonyl (C=O) groups is 1. The van der Waals surface area contributed by atoms with Crippen molar-refractivity contribution in [2.45, 2.75) is 18.8 Å². The Morgan fingerprint density at radius 1 is 1.03 bits per heavy atom. The number of methoxy groups -OCH3 is 1. The van der Waals surface area contributed by atoms with Crippen LogP contribution in [0, 0.1) is 0 Å². The largest absolute Gasteiger partial charge is 0.465 e. The van der Waals surface area contributed by atoms with Crippen molar-refractivity contribution in [1.29, 1.82) is 0 Å². The molecule has 0 atom stereocenters. The number of aromatic nitrogens is 2. The third-order valence-corrected chi connectivity index (χ3v) is 5.90. The normalized spacial score (nSPS) is 14.5. The highest BCUT2D eigenvalue weighted by molar-refractivity contribution is 6.33. The highest BCUT2D eigenvalue weighted by Gasteiger charge is 2.24. The maximum Gasteiger partial charge on any atom is 0.340 e. The molecule has 3 aromatic rings. The molecule has 2 heterocycles. The summed E-state index contributed by atoms with van der Waals surface area (Å²) >= 11 is 6.47. The van der Waals surface area contributed by atoms with Crippen molar-refractivity contribution in [2.24, 2.45) is 0 Å². The van der Waals surface area contributed by atoms with Crippen LogP contribution >= 0.6 is 11.6 Å². The maximum absolute atomic E-state index is 13.0. The number of esters is 1. The third kappa shape index (κ3) is 3.83. The van der Waals surface area contributed by atoms with Crippen LogP contribution in [0.1, 0.15) is 34.7 Å². The predicted molar refractivity (Wildman–Crippen MR) is 117 cm³/mol. The van der Waals surface area contributed by atoms with E-state index < -0.39 is 11.5 Å². The van der Waals surface area contributed by atoms with Gasteiger partial charge in [-0.3, -0.25) is 4.79 Å². The van der Waals surface area contributed by atoms with Gasteiger partial charge in [-0.15, -0.1) is 0 Å². The van der Waals surface area contributed by atoms with Crippen molar-refractivity contribution in [3.8, 4) is 5.69 Å². The molecule has 4 rings (SSSR count). The van der Waals surface area contributed by atoms with E-state index in [4.69, 9.17) is 16.3 Å². The lowest BCUT2D eigenvalue weighted by atomic mass is 9.89. The Morgan fingerprint density at radius 2 is 1.70 bits per heavy atom. The molecule has 0 amide bonds. The van der Waals surface area contributed by atoms with Gasteiger partial charge in [0, 0.05) is 13.1 Å². The van der Waals surface area contributed by atoms with E-state index in [1.54, 1.807) is 30.5 Å². The van der Waals surface area contributed by atoms with E-state index in [2.05, 4.69) is 34.3 Å². The fourth-order valence-corrected chi connectivity index (χ4v) is 4.18. The van der Waals surface area contributed by atoms with E-state index in [-0.39, 0.29) is 10.6 Å². The number of nitrogens with zero attached hydrogens (tertiary/aromatic N) is 3. The summed E-state index contributed by atoms with van der Waals surface area (Å²) in [7, 11) is 1.30. The van der Waals surface area contributed by atoms with Gasteiger partial charge in [-0.25, -0.2) is 4.79 Å². The van der Waals surface area contributed by atoms with Crippen molar-refractivity contribution >= 4 is 23.3 Å². The summed E-state index contributed by atoms with van der Waals surface area (Å²) in [4.78, 5) is 27.1. The van der Waals surface area contributed by atoms with Gasteiger partial charge in [-0.2, -0.15) is 9.78 Å². The molecule has 0 saturated carbocycles. The molecular formula is C23H22ClN3O3. The van der Waals surface area contributed by atoms with E-state index in [1.165, 1.54) is 12.7 Å². The van der Waals surface area contributed by atoms with Crippen molar-refractivity contribution in [3.05, 3.63) is 87.3 Å². The van der Waals surface area contributed by atoms with E-state index in [0.717, 1.165) is 30.6 Å². The second-order valence-corrected chi connectivity index (χ2v) is 7.62. The first-order chi connectivity index (χ1) is 14.6. The summed E-state index contributed by atoms with van der Waals surface area (Å²) in [5, 5.41) is 4.41. The number of carbonyl (C=O) groups excluding carboxylic acids is 1.